The highest BCUT2D eigenvalue weighted by Crippen LogP contribution is 2.27. The molecule has 23 heavy (non-hydrogen) atoms. The third-order valence-corrected chi connectivity index (χ3v) is 4.99. The van der Waals surface area contributed by atoms with Crippen LogP contribution in [0.2, 0.25) is 0 Å². The molecule has 0 unspecified atom stereocenters. The number of esters is 1. The number of hydrogen-bond donors (Lipinski definition) is 0. The maximum absolute atomic E-state index is 12.3. The van der Waals surface area contributed by atoms with Crippen LogP contribution in [0.4, 0.5) is 0 Å². The highest BCUT2D eigenvalue weighted by Gasteiger charge is 2.14. The summed E-state index contributed by atoms with van der Waals surface area (Å²) >= 11 is 3.05. The average Bonchev–Trinajstić information content (AvgIpc) is 3.26. The fraction of sp³-hybridized carbons (Fsp3) is 0. The Balaban J connectivity index is 1.57. The van der Waals surface area contributed by atoms with E-state index >= 15 is 0 Å². The molecule has 4 rings (SSSR count). The van der Waals surface area contributed by atoms with Crippen molar-refractivity contribution in [3.63, 3.8) is 0 Å². The van der Waals surface area contributed by atoms with Crippen molar-refractivity contribution in [2.45, 2.75) is 0 Å². The number of ether oxygens (including phenoxy) is 1. The summed E-state index contributed by atoms with van der Waals surface area (Å²) in [7, 11) is 0. The Hall–Kier alpha value is -2.50. The second-order valence-electron chi connectivity index (χ2n) is 4.95. The molecule has 112 valence electrons. The minimum Gasteiger partial charge on any atom is -0.422 e. The molecule has 0 aliphatic heterocycles. The highest BCUT2D eigenvalue weighted by atomic mass is 32.1. The van der Waals surface area contributed by atoms with Gasteiger partial charge in [-0.3, -0.25) is 0 Å². The van der Waals surface area contributed by atoms with Crippen LogP contribution in [-0.2, 0) is 0 Å². The normalized spacial score (nSPS) is 10.8. The highest BCUT2D eigenvalue weighted by molar-refractivity contribution is 7.14. The van der Waals surface area contributed by atoms with Crippen molar-refractivity contribution in [1.82, 2.24) is 4.98 Å². The molecule has 2 heterocycles. The van der Waals surface area contributed by atoms with Gasteiger partial charge in [0.2, 0.25) is 0 Å². The summed E-state index contributed by atoms with van der Waals surface area (Å²) < 4.78 is 5.45. The van der Waals surface area contributed by atoms with Crippen molar-refractivity contribution in [1.29, 1.82) is 0 Å². The van der Waals surface area contributed by atoms with Crippen LogP contribution < -0.4 is 4.74 Å². The Kier molecular flexibility index (Phi) is 3.65. The molecule has 3 nitrogen and oxygen atoms in total. The van der Waals surface area contributed by atoms with Gasteiger partial charge in [-0.05, 0) is 34.4 Å². The summed E-state index contributed by atoms with van der Waals surface area (Å²) in [4.78, 5) is 16.6. The van der Waals surface area contributed by atoms with Gasteiger partial charge in [-0.1, -0.05) is 30.3 Å². The van der Waals surface area contributed by atoms with Crippen molar-refractivity contribution in [2.24, 2.45) is 0 Å². The van der Waals surface area contributed by atoms with Crippen LogP contribution in [-0.4, -0.2) is 11.0 Å². The maximum Gasteiger partial charge on any atom is 0.363 e. The van der Waals surface area contributed by atoms with Crippen LogP contribution in [0, 0.1) is 0 Å². The van der Waals surface area contributed by atoms with E-state index in [0.717, 1.165) is 21.3 Å². The zero-order chi connectivity index (χ0) is 15.6. The Labute approximate surface area is 140 Å². The summed E-state index contributed by atoms with van der Waals surface area (Å²) in [6, 6.07) is 15.5. The zero-order valence-electron chi connectivity index (χ0n) is 11.9. The fourth-order valence-electron chi connectivity index (χ4n) is 2.28. The summed E-state index contributed by atoms with van der Waals surface area (Å²) in [6.07, 6.45) is 0. The van der Waals surface area contributed by atoms with Gasteiger partial charge in [0.1, 0.15) is 10.8 Å². The van der Waals surface area contributed by atoms with Gasteiger partial charge in [-0.2, -0.15) is 11.3 Å². The standard InChI is InChI=1S/C18H11NO2S2/c20-18(16-11-23-17(19-16)14-7-8-22-10-14)21-15-6-5-12-3-1-2-4-13(12)9-15/h1-11H. The molecule has 0 saturated carbocycles. The van der Waals surface area contributed by atoms with E-state index in [1.807, 2.05) is 53.2 Å². The van der Waals surface area contributed by atoms with Crippen molar-refractivity contribution < 1.29 is 9.53 Å². The van der Waals surface area contributed by atoms with E-state index in [1.165, 1.54) is 11.3 Å². The molecular weight excluding hydrogens is 326 g/mol. The smallest absolute Gasteiger partial charge is 0.363 e. The quantitative estimate of drug-likeness (QED) is 0.379. The summed E-state index contributed by atoms with van der Waals surface area (Å²) in [6.45, 7) is 0. The molecule has 0 fully saturated rings. The molecule has 2 aromatic heterocycles. The van der Waals surface area contributed by atoms with Gasteiger partial charge in [0.05, 0.1) is 0 Å². The number of thiazole rings is 1. The first-order chi connectivity index (χ1) is 11.3. The van der Waals surface area contributed by atoms with Crippen LogP contribution in [0.3, 0.4) is 0 Å². The van der Waals surface area contributed by atoms with E-state index in [-0.39, 0.29) is 0 Å². The van der Waals surface area contributed by atoms with Gasteiger partial charge >= 0.3 is 5.97 Å². The Morgan fingerprint density at radius 1 is 1.00 bits per heavy atom. The molecule has 0 saturated heterocycles. The molecule has 0 atom stereocenters. The van der Waals surface area contributed by atoms with E-state index < -0.39 is 5.97 Å². The second-order valence-corrected chi connectivity index (χ2v) is 6.59. The maximum atomic E-state index is 12.3. The number of fused-ring (bicyclic) bond motifs is 1. The first kappa shape index (κ1) is 14.1. The number of carbonyl (C=O) groups is 1. The molecule has 0 aliphatic carbocycles. The Morgan fingerprint density at radius 3 is 2.70 bits per heavy atom. The van der Waals surface area contributed by atoms with Gasteiger partial charge in [0.15, 0.2) is 5.69 Å². The fourth-order valence-corrected chi connectivity index (χ4v) is 3.78. The Bertz CT molecular complexity index is 974. The van der Waals surface area contributed by atoms with Crippen molar-refractivity contribution in [3.8, 4) is 16.3 Å². The largest absolute Gasteiger partial charge is 0.422 e. The number of nitrogens with zero attached hydrogens (tertiary/aromatic N) is 1. The lowest BCUT2D eigenvalue weighted by Crippen LogP contribution is -2.08. The van der Waals surface area contributed by atoms with Crippen molar-refractivity contribution >= 4 is 39.4 Å². The van der Waals surface area contributed by atoms with Crippen molar-refractivity contribution in [2.75, 3.05) is 0 Å². The summed E-state index contributed by atoms with van der Waals surface area (Å²) in [5, 5.41) is 8.71. The molecule has 2 aromatic carbocycles. The number of carbonyl (C=O) groups excluding carboxylic acids is 1. The molecular formula is C18H11NO2S2. The molecule has 0 aliphatic rings. The number of rotatable bonds is 3. The predicted molar refractivity (Wildman–Crippen MR) is 94.3 cm³/mol. The van der Waals surface area contributed by atoms with Crippen LogP contribution in [0.25, 0.3) is 21.3 Å². The van der Waals surface area contributed by atoms with E-state index in [2.05, 4.69) is 4.98 Å². The predicted octanol–water partition coefficient (Wildman–Crippen LogP) is 5.24. The first-order valence-electron chi connectivity index (χ1n) is 6.99. The average molecular weight is 337 g/mol. The van der Waals surface area contributed by atoms with E-state index in [0.29, 0.717) is 11.4 Å². The monoisotopic (exact) mass is 337 g/mol. The number of hydrogen-bond acceptors (Lipinski definition) is 5. The molecule has 4 aromatic rings. The molecule has 0 amide bonds. The van der Waals surface area contributed by atoms with Gasteiger partial charge in [-0.25, -0.2) is 9.78 Å². The van der Waals surface area contributed by atoms with Crippen molar-refractivity contribution in [3.05, 3.63) is 70.4 Å². The van der Waals surface area contributed by atoms with Gasteiger partial charge in [-0.15, -0.1) is 11.3 Å². The lowest BCUT2D eigenvalue weighted by molar-refractivity contribution is 0.0730. The van der Waals surface area contributed by atoms with Crippen LogP contribution in [0.1, 0.15) is 10.5 Å². The van der Waals surface area contributed by atoms with Gasteiger partial charge < -0.3 is 4.74 Å². The van der Waals surface area contributed by atoms with Gasteiger partial charge in [0, 0.05) is 16.3 Å². The van der Waals surface area contributed by atoms with E-state index in [1.54, 1.807) is 22.8 Å². The lowest BCUT2D eigenvalue weighted by atomic mass is 10.1. The third-order valence-electron chi connectivity index (χ3n) is 3.41. The number of aromatic nitrogens is 1. The third kappa shape index (κ3) is 2.88. The summed E-state index contributed by atoms with van der Waals surface area (Å²) in [5.41, 5.74) is 1.37. The number of thiophene rings is 1. The van der Waals surface area contributed by atoms with Crippen LogP contribution in [0.5, 0.6) is 5.75 Å². The number of benzene rings is 2. The zero-order valence-corrected chi connectivity index (χ0v) is 13.6. The second kappa shape index (κ2) is 5.95. The Morgan fingerprint density at radius 2 is 1.87 bits per heavy atom. The molecule has 0 N–H and O–H groups in total. The minimum atomic E-state index is -0.432. The molecule has 5 heteroatoms. The first-order valence-corrected chi connectivity index (χ1v) is 8.81. The summed E-state index contributed by atoms with van der Waals surface area (Å²) in [5.74, 6) is 0.0943. The minimum absolute atomic E-state index is 0.337. The lowest BCUT2D eigenvalue weighted by Gasteiger charge is -2.04. The topological polar surface area (TPSA) is 39.2 Å². The SMILES string of the molecule is O=C(Oc1ccc2ccccc2c1)c1csc(-c2ccsc2)n1. The molecule has 0 bridgehead atoms. The molecule has 0 radical (unpaired) electrons. The van der Waals surface area contributed by atoms with Crippen LogP contribution in [0.15, 0.2) is 64.7 Å². The molecule has 0 spiro atoms. The van der Waals surface area contributed by atoms with E-state index in [9.17, 15) is 4.79 Å². The van der Waals surface area contributed by atoms with E-state index in [4.69, 9.17) is 4.74 Å². The van der Waals surface area contributed by atoms with Gasteiger partial charge in [0.25, 0.3) is 0 Å². The van der Waals surface area contributed by atoms with Crippen LogP contribution >= 0.6 is 22.7 Å².